The van der Waals surface area contributed by atoms with Gasteiger partial charge in [-0.05, 0) is 25.2 Å². The lowest BCUT2D eigenvalue weighted by Crippen LogP contribution is -1.94. The van der Waals surface area contributed by atoms with Crippen molar-refractivity contribution in [3.05, 3.63) is 0 Å². The average Bonchev–Trinajstić information content (AvgIpc) is 2.48. The van der Waals surface area contributed by atoms with Gasteiger partial charge in [-0.2, -0.15) is 5.26 Å². The summed E-state index contributed by atoms with van der Waals surface area (Å²) >= 11 is 0. The Morgan fingerprint density at radius 2 is 2.27 bits per heavy atom. The monoisotopic (exact) mass is 151 g/mol. The minimum Gasteiger partial charge on any atom is -0.198 e. The molecule has 1 nitrogen and oxygen atoms in total. The normalized spacial score (nSPS) is 30.2. The Bertz CT molecular complexity index is 145. The summed E-state index contributed by atoms with van der Waals surface area (Å²) in [5, 5.41) is 8.66. The van der Waals surface area contributed by atoms with E-state index in [4.69, 9.17) is 5.26 Å². The molecular formula is C10H17N. The fraction of sp³-hybridized carbons (Fsp3) is 0.900. The molecular weight excluding hydrogens is 134 g/mol. The van der Waals surface area contributed by atoms with Crippen LogP contribution in [0.5, 0.6) is 0 Å². The third kappa shape index (κ3) is 2.54. The van der Waals surface area contributed by atoms with E-state index < -0.39 is 0 Å². The van der Waals surface area contributed by atoms with Crippen LogP contribution in [0.2, 0.25) is 0 Å². The molecule has 1 heteroatoms. The van der Waals surface area contributed by atoms with Gasteiger partial charge in [-0.25, -0.2) is 0 Å². The van der Waals surface area contributed by atoms with Crippen LogP contribution in [-0.4, -0.2) is 0 Å². The zero-order valence-electron chi connectivity index (χ0n) is 7.34. The highest BCUT2D eigenvalue weighted by molar-refractivity contribution is 4.89. The second-order valence-electron chi connectivity index (χ2n) is 3.65. The first-order valence-corrected chi connectivity index (χ1v) is 4.76. The maximum Gasteiger partial charge on any atom is 0.0655 e. The van der Waals surface area contributed by atoms with E-state index in [0.29, 0.717) is 5.92 Å². The average molecular weight is 151 g/mol. The number of unbranched alkanes of at least 4 members (excludes halogenated alkanes) is 1. The van der Waals surface area contributed by atoms with Crippen molar-refractivity contribution in [1.82, 2.24) is 0 Å². The SMILES string of the molecule is CCCC[C@H]1CC[C@@H](C#N)C1. The van der Waals surface area contributed by atoms with Crippen LogP contribution in [0, 0.1) is 23.2 Å². The minimum absolute atomic E-state index is 0.386. The molecule has 0 aromatic heterocycles. The first-order chi connectivity index (χ1) is 5.36. The van der Waals surface area contributed by atoms with Crippen LogP contribution in [0.1, 0.15) is 45.4 Å². The molecule has 1 rings (SSSR count). The van der Waals surface area contributed by atoms with Crippen molar-refractivity contribution in [1.29, 1.82) is 5.26 Å². The molecule has 1 fully saturated rings. The van der Waals surface area contributed by atoms with Crippen molar-refractivity contribution in [2.75, 3.05) is 0 Å². The van der Waals surface area contributed by atoms with Gasteiger partial charge in [0.25, 0.3) is 0 Å². The predicted octanol–water partition coefficient (Wildman–Crippen LogP) is 3.12. The maximum atomic E-state index is 8.66. The molecule has 0 saturated heterocycles. The van der Waals surface area contributed by atoms with Gasteiger partial charge < -0.3 is 0 Å². The lowest BCUT2D eigenvalue weighted by Gasteiger charge is -2.06. The predicted molar refractivity (Wildman–Crippen MR) is 46.0 cm³/mol. The van der Waals surface area contributed by atoms with Crippen molar-refractivity contribution in [2.24, 2.45) is 11.8 Å². The second kappa shape index (κ2) is 4.38. The molecule has 2 atom stereocenters. The van der Waals surface area contributed by atoms with Gasteiger partial charge in [0.05, 0.1) is 6.07 Å². The maximum absolute atomic E-state index is 8.66. The molecule has 11 heavy (non-hydrogen) atoms. The molecule has 0 aliphatic heterocycles. The highest BCUT2D eigenvalue weighted by Crippen LogP contribution is 2.33. The summed E-state index contributed by atoms with van der Waals surface area (Å²) in [6, 6.07) is 2.37. The standard InChI is InChI=1S/C10H17N/c1-2-3-4-9-5-6-10(7-9)8-11/h9-10H,2-7H2,1H3/t9-,10+/m0/s1. The van der Waals surface area contributed by atoms with E-state index in [1.54, 1.807) is 0 Å². The summed E-state index contributed by atoms with van der Waals surface area (Å²) in [5.74, 6) is 1.26. The molecule has 1 aliphatic rings. The third-order valence-corrected chi connectivity index (χ3v) is 2.69. The van der Waals surface area contributed by atoms with Gasteiger partial charge in [0.2, 0.25) is 0 Å². The number of nitriles is 1. The quantitative estimate of drug-likeness (QED) is 0.608. The molecule has 1 saturated carbocycles. The van der Waals surface area contributed by atoms with Gasteiger partial charge in [-0.1, -0.05) is 26.2 Å². The summed E-state index contributed by atoms with van der Waals surface area (Å²) in [4.78, 5) is 0. The topological polar surface area (TPSA) is 23.8 Å². The Balaban J connectivity index is 2.15. The molecule has 0 bridgehead atoms. The Kier molecular flexibility index (Phi) is 3.42. The van der Waals surface area contributed by atoms with Crippen LogP contribution in [-0.2, 0) is 0 Å². The van der Waals surface area contributed by atoms with Crippen LogP contribution >= 0.6 is 0 Å². The first-order valence-electron chi connectivity index (χ1n) is 4.76. The molecule has 0 aromatic rings. The smallest absolute Gasteiger partial charge is 0.0655 e. The summed E-state index contributed by atoms with van der Waals surface area (Å²) in [6.07, 6.45) is 7.64. The van der Waals surface area contributed by atoms with Crippen LogP contribution in [0.4, 0.5) is 0 Å². The van der Waals surface area contributed by atoms with Crippen molar-refractivity contribution in [3.63, 3.8) is 0 Å². The molecule has 0 N–H and O–H groups in total. The molecule has 1 aliphatic carbocycles. The lowest BCUT2D eigenvalue weighted by molar-refractivity contribution is 0.471. The van der Waals surface area contributed by atoms with E-state index in [-0.39, 0.29) is 0 Å². The van der Waals surface area contributed by atoms with E-state index in [0.717, 1.165) is 12.3 Å². The van der Waals surface area contributed by atoms with Gasteiger partial charge in [0, 0.05) is 5.92 Å². The summed E-state index contributed by atoms with van der Waals surface area (Å²) < 4.78 is 0. The molecule has 0 radical (unpaired) electrons. The number of rotatable bonds is 3. The zero-order valence-corrected chi connectivity index (χ0v) is 7.34. The summed E-state index contributed by atoms with van der Waals surface area (Å²) in [6.45, 7) is 2.23. The number of hydrogen-bond acceptors (Lipinski definition) is 1. The van der Waals surface area contributed by atoms with Crippen molar-refractivity contribution >= 4 is 0 Å². The highest BCUT2D eigenvalue weighted by atomic mass is 14.3. The largest absolute Gasteiger partial charge is 0.198 e. The fourth-order valence-corrected chi connectivity index (χ4v) is 1.95. The summed E-state index contributed by atoms with van der Waals surface area (Å²) in [7, 11) is 0. The Hall–Kier alpha value is -0.510. The van der Waals surface area contributed by atoms with Gasteiger partial charge in [-0.15, -0.1) is 0 Å². The second-order valence-corrected chi connectivity index (χ2v) is 3.65. The van der Waals surface area contributed by atoms with Crippen LogP contribution < -0.4 is 0 Å². The molecule has 0 spiro atoms. The Morgan fingerprint density at radius 3 is 2.82 bits per heavy atom. The summed E-state index contributed by atoms with van der Waals surface area (Å²) in [5.41, 5.74) is 0. The highest BCUT2D eigenvalue weighted by Gasteiger charge is 2.23. The first kappa shape index (κ1) is 8.59. The van der Waals surface area contributed by atoms with Crippen LogP contribution in [0.3, 0.4) is 0 Å². The third-order valence-electron chi connectivity index (χ3n) is 2.69. The van der Waals surface area contributed by atoms with E-state index in [2.05, 4.69) is 13.0 Å². The molecule has 0 amide bonds. The number of hydrogen-bond donors (Lipinski definition) is 0. The fourth-order valence-electron chi connectivity index (χ4n) is 1.95. The van der Waals surface area contributed by atoms with E-state index in [1.165, 1.54) is 32.1 Å². The number of nitrogens with zero attached hydrogens (tertiary/aromatic N) is 1. The zero-order chi connectivity index (χ0) is 8.10. The van der Waals surface area contributed by atoms with Crippen molar-refractivity contribution in [2.45, 2.75) is 45.4 Å². The lowest BCUT2D eigenvalue weighted by atomic mass is 10.00. The van der Waals surface area contributed by atoms with Gasteiger partial charge in [0.15, 0.2) is 0 Å². The molecule has 0 aromatic carbocycles. The van der Waals surface area contributed by atoms with Gasteiger partial charge in [-0.3, -0.25) is 0 Å². The van der Waals surface area contributed by atoms with Gasteiger partial charge >= 0.3 is 0 Å². The molecule has 0 heterocycles. The van der Waals surface area contributed by atoms with Crippen LogP contribution in [0.15, 0.2) is 0 Å². The van der Waals surface area contributed by atoms with E-state index in [9.17, 15) is 0 Å². The molecule has 62 valence electrons. The van der Waals surface area contributed by atoms with Crippen molar-refractivity contribution in [3.8, 4) is 6.07 Å². The Morgan fingerprint density at radius 1 is 1.45 bits per heavy atom. The van der Waals surface area contributed by atoms with Gasteiger partial charge in [0.1, 0.15) is 0 Å². The molecule has 0 unspecified atom stereocenters. The van der Waals surface area contributed by atoms with E-state index in [1.807, 2.05) is 0 Å². The Labute approximate surface area is 69.4 Å². The minimum atomic E-state index is 0.386. The van der Waals surface area contributed by atoms with E-state index >= 15 is 0 Å². The van der Waals surface area contributed by atoms with Crippen LogP contribution in [0.25, 0.3) is 0 Å². The van der Waals surface area contributed by atoms with Crippen molar-refractivity contribution < 1.29 is 0 Å².